The van der Waals surface area contributed by atoms with E-state index >= 15 is 0 Å². The summed E-state index contributed by atoms with van der Waals surface area (Å²) in [6.45, 7) is 0.181. The van der Waals surface area contributed by atoms with Crippen LogP contribution in [0.25, 0.3) is 6.08 Å². The van der Waals surface area contributed by atoms with Crippen LogP contribution in [0.2, 0.25) is 0 Å². The van der Waals surface area contributed by atoms with Gasteiger partial charge in [-0.15, -0.1) is 0 Å². The minimum absolute atomic E-state index is 0.0104. The Kier molecular flexibility index (Phi) is 7.30. The molecular formula is C19H20FN3O4. The Morgan fingerprint density at radius 1 is 1.15 bits per heavy atom. The fraction of sp³-hybridized carbons (Fsp3) is 0.211. The molecule has 7 nitrogen and oxygen atoms in total. The first-order valence-electron chi connectivity index (χ1n) is 8.29. The summed E-state index contributed by atoms with van der Waals surface area (Å²) in [6.07, 6.45) is 4.28. The van der Waals surface area contributed by atoms with Crippen molar-refractivity contribution in [2.24, 2.45) is 5.73 Å². The third-order valence-electron chi connectivity index (χ3n) is 3.60. The number of carbonyl (C=O) groups excluding carboxylic acids is 3. The summed E-state index contributed by atoms with van der Waals surface area (Å²) in [6, 6.07) is 8.74. The van der Waals surface area contributed by atoms with Crippen LogP contribution in [0.1, 0.15) is 18.6 Å². The molecule has 3 N–H and O–H groups in total. The standard InChI is InChI=1S/C19H20FN3O4/c20-14-3-5-15(6-4-14)23(12-10-17(21)24)19(26)9-11-22-18(25)8-7-16-2-1-13-27-16/h1-8,13H,9-12H2,(H2,21,24)(H,22,25). The monoisotopic (exact) mass is 373 g/mol. The molecule has 142 valence electrons. The number of halogens is 1. The van der Waals surface area contributed by atoms with E-state index in [1.165, 1.54) is 47.6 Å². The molecule has 0 fully saturated rings. The number of benzene rings is 1. The maximum atomic E-state index is 13.1. The van der Waals surface area contributed by atoms with Gasteiger partial charge in [0, 0.05) is 37.7 Å². The molecule has 0 aliphatic carbocycles. The molecule has 0 saturated heterocycles. The Bertz CT molecular complexity index is 801. The molecule has 2 aromatic rings. The molecule has 0 atom stereocenters. The number of nitrogens with one attached hydrogen (secondary N) is 1. The highest BCUT2D eigenvalue weighted by Gasteiger charge is 2.16. The van der Waals surface area contributed by atoms with Gasteiger partial charge in [-0.1, -0.05) is 0 Å². The normalized spacial score (nSPS) is 10.7. The van der Waals surface area contributed by atoms with Gasteiger partial charge in [0.05, 0.1) is 6.26 Å². The van der Waals surface area contributed by atoms with Crippen LogP contribution >= 0.6 is 0 Å². The predicted molar refractivity (Wildman–Crippen MR) is 97.9 cm³/mol. The van der Waals surface area contributed by atoms with Crippen LogP contribution in [-0.4, -0.2) is 30.8 Å². The van der Waals surface area contributed by atoms with E-state index in [0.29, 0.717) is 11.4 Å². The molecule has 3 amide bonds. The van der Waals surface area contributed by atoms with Crippen molar-refractivity contribution in [2.75, 3.05) is 18.0 Å². The zero-order valence-electron chi connectivity index (χ0n) is 14.6. The van der Waals surface area contributed by atoms with Crippen LogP contribution in [0.4, 0.5) is 10.1 Å². The molecule has 8 heteroatoms. The molecule has 1 aromatic carbocycles. The van der Waals surface area contributed by atoms with Gasteiger partial charge in [-0.25, -0.2) is 4.39 Å². The van der Waals surface area contributed by atoms with Gasteiger partial charge in [-0.2, -0.15) is 0 Å². The summed E-state index contributed by atoms with van der Waals surface area (Å²) in [4.78, 5) is 36.6. The number of amides is 3. The number of hydrogen-bond donors (Lipinski definition) is 2. The molecule has 1 aromatic heterocycles. The van der Waals surface area contributed by atoms with E-state index < -0.39 is 11.7 Å². The van der Waals surface area contributed by atoms with E-state index in [1.54, 1.807) is 12.1 Å². The van der Waals surface area contributed by atoms with Crippen molar-refractivity contribution in [2.45, 2.75) is 12.8 Å². The zero-order chi connectivity index (χ0) is 19.6. The van der Waals surface area contributed by atoms with Crippen molar-refractivity contribution in [3.05, 3.63) is 60.3 Å². The third-order valence-corrected chi connectivity index (χ3v) is 3.60. The fourth-order valence-corrected chi connectivity index (χ4v) is 2.27. The lowest BCUT2D eigenvalue weighted by molar-refractivity contribution is -0.119. The molecule has 2 rings (SSSR count). The number of nitrogens with two attached hydrogens (primary N) is 1. The maximum absolute atomic E-state index is 13.1. The minimum atomic E-state index is -0.550. The van der Waals surface area contributed by atoms with E-state index in [9.17, 15) is 18.8 Å². The van der Waals surface area contributed by atoms with E-state index in [1.807, 2.05) is 0 Å². The summed E-state index contributed by atoms with van der Waals surface area (Å²) in [5.41, 5.74) is 5.60. The Balaban J connectivity index is 1.89. The smallest absolute Gasteiger partial charge is 0.244 e. The van der Waals surface area contributed by atoms with Crippen LogP contribution < -0.4 is 16.0 Å². The molecule has 0 saturated carbocycles. The molecule has 27 heavy (non-hydrogen) atoms. The molecule has 0 aliphatic rings. The van der Waals surface area contributed by atoms with Crippen molar-refractivity contribution in [1.29, 1.82) is 0 Å². The van der Waals surface area contributed by atoms with Crippen molar-refractivity contribution in [3.63, 3.8) is 0 Å². The Labute approximate surface area is 155 Å². The minimum Gasteiger partial charge on any atom is -0.465 e. The van der Waals surface area contributed by atoms with Gasteiger partial charge >= 0.3 is 0 Å². The van der Waals surface area contributed by atoms with Gasteiger partial charge in [-0.3, -0.25) is 14.4 Å². The highest BCUT2D eigenvalue weighted by atomic mass is 19.1. The predicted octanol–water partition coefficient (Wildman–Crippen LogP) is 1.85. The molecule has 0 bridgehead atoms. The van der Waals surface area contributed by atoms with E-state index in [0.717, 1.165) is 0 Å². The lowest BCUT2D eigenvalue weighted by Gasteiger charge is -2.22. The third kappa shape index (κ3) is 6.77. The van der Waals surface area contributed by atoms with E-state index in [2.05, 4.69) is 5.32 Å². The number of anilines is 1. The fourth-order valence-electron chi connectivity index (χ4n) is 2.27. The summed E-state index contributed by atoms with van der Waals surface area (Å²) in [7, 11) is 0. The van der Waals surface area contributed by atoms with Gasteiger partial charge in [0.25, 0.3) is 0 Å². The van der Waals surface area contributed by atoms with Crippen LogP contribution in [-0.2, 0) is 14.4 Å². The molecule has 1 heterocycles. The van der Waals surface area contributed by atoms with E-state index in [-0.39, 0.29) is 37.7 Å². The van der Waals surface area contributed by atoms with Crippen LogP contribution in [0, 0.1) is 5.82 Å². The molecular weight excluding hydrogens is 353 g/mol. The van der Waals surface area contributed by atoms with Crippen molar-refractivity contribution >= 4 is 29.5 Å². The largest absolute Gasteiger partial charge is 0.465 e. The number of hydrogen-bond acceptors (Lipinski definition) is 4. The quantitative estimate of drug-likeness (QED) is 0.654. The lowest BCUT2D eigenvalue weighted by atomic mass is 10.2. The van der Waals surface area contributed by atoms with Crippen LogP contribution in [0.3, 0.4) is 0 Å². The van der Waals surface area contributed by atoms with E-state index in [4.69, 9.17) is 10.2 Å². The topological polar surface area (TPSA) is 106 Å². The molecule has 0 aliphatic heterocycles. The average Bonchev–Trinajstić information content (AvgIpc) is 3.15. The Morgan fingerprint density at radius 3 is 2.52 bits per heavy atom. The van der Waals surface area contributed by atoms with Gasteiger partial charge in [-0.05, 0) is 42.5 Å². The number of carbonyl (C=O) groups is 3. The van der Waals surface area contributed by atoms with Gasteiger partial charge < -0.3 is 20.4 Å². The summed E-state index contributed by atoms with van der Waals surface area (Å²) >= 11 is 0. The maximum Gasteiger partial charge on any atom is 0.244 e. The van der Waals surface area contributed by atoms with Crippen LogP contribution in [0.15, 0.2) is 53.2 Å². The van der Waals surface area contributed by atoms with Crippen molar-refractivity contribution in [1.82, 2.24) is 5.32 Å². The Hall–Kier alpha value is -3.42. The second-order valence-corrected chi connectivity index (χ2v) is 5.63. The number of furan rings is 1. The summed E-state index contributed by atoms with van der Waals surface area (Å²) in [5.74, 6) is -1.14. The van der Waals surface area contributed by atoms with Gasteiger partial charge in [0.2, 0.25) is 17.7 Å². The SMILES string of the molecule is NC(=O)CCN(C(=O)CCNC(=O)C=Cc1ccco1)c1ccc(F)cc1. The van der Waals surface area contributed by atoms with Gasteiger partial charge in [0.15, 0.2) is 0 Å². The first-order chi connectivity index (χ1) is 13.0. The lowest BCUT2D eigenvalue weighted by Crippen LogP contribution is -2.36. The zero-order valence-corrected chi connectivity index (χ0v) is 14.6. The van der Waals surface area contributed by atoms with Gasteiger partial charge in [0.1, 0.15) is 11.6 Å². The summed E-state index contributed by atoms with van der Waals surface area (Å²) < 4.78 is 18.2. The second kappa shape index (κ2) is 9.91. The molecule has 0 radical (unpaired) electrons. The van der Waals surface area contributed by atoms with Crippen LogP contribution in [0.5, 0.6) is 0 Å². The average molecular weight is 373 g/mol. The Morgan fingerprint density at radius 2 is 1.89 bits per heavy atom. The first-order valence-corrected chi connectivity index (χ1v) is 8.29. The number of rotatable bonds is 9. The van der Waals surface area contributed by atoms with Crippen molar-refractivity contribution in [3.8, 4) is 0 Å². The second-order valence-electron chi connectivity index (χ2n) is 5.63. The summed E-state index contributed by atoms with van der Waals surface area (Å²) in [5, 5.41) is 2.59. The number of primary amides is 1. The molecule has 0 spiro atoms. The molecule has 0 unspecified atom stereocenters. The van der Waals surface area contributed by atoms with Crippen molar-refractivity contribution < 1.29 is 23.2 Å². The highest BCUT2D eigenvalue weighted by molar-refractivity contribution is 5.95. The number of nitrogens with zero attached hydrogens (tertiary/aromatic N) is 1. The first kappa shape index (κ1) is 19.9. The highest BCUT2D eigenvalue weighted by Crippen LogP contribution is 2.16.